The molecule has 0 fully saturated rings. The Bertz CT molecular complexity index is 651. The summed E-state index contributed by atoms with van der Waals surface area (Å²) in [4.78, 5) is 18.7. The summed E-state index contributed by atoms with van der Waals surface area (Å²) in [6.45, 7) is 0.200. The van der Waals surface area contributed by atoms with Crippen molar-refractivity contribution < 1.29 is 10.0 Å². The van der Waals surface area contributed by atoms with Gasteiger partial charge in [-0.2, -0.15) is 0 Å². The van der Waals surface area contributed by atoms with Crippen LogP contribution in [0.4, 0.5) is 11.5 Å². The number of aromatic nitrogens is 2. The molecule has 0 aliphatic heterocycles. The number of hydrogen-bond acceptors (Lipinski definition) is 7. The number of anilines is 1. The number of hydrogen-bond donors (Lipinski definition) is 2. The normalized spacial score (nSPS) is 10.4. The fourth-order valence-corrected chi connectivity index (χ4v) is 2.06. The Labute approximate surface area is 125 Å². The van der Waals surface area contributed by atoms with E-state index in [0.717, 1.165) is 5.56 Å². The van der Waals surface area contributed by atoms with E-state index in [1.807, 2.05) is 6.26 Å². The van der Waals surface area contributed by atoms with Gasteiger partial charge in [0, 0.05) is 30.4 Å². The van der Waals surface area contributed by atoms with E-state index in [2.05, 4.69) is 15.3 Å². The van der Waals surface area contributed by atoms with Gasteiger partial charge in [-0.3, -0.25) is 10.1 Å². The first-order valence-electron chi connectivity index (χ1n) is 6.12. The quantitative estimate of drug-likeness (QED) is 0.365. The average molecular weight is 306 g/mol. The lowest BCUT2D eigenvalue weighted by Gasteiger charge is -2.10. The first kappa shape index (κ1) is 15.2. The van der Waals surface area contributed by atoms with Crippen LogP contribution in [0.1, 0.15) is 11.1 Å². The first-order chi connectivity index (χ1) is 10.1. The summed E-state index contributed by atoms with van der Waals surface area (Å²) in [6, 6.07) is 6.37. The number of nitrogens with one attached hydrogen (secondary N) is 1. The molecule has 0 bridgehead atoms. The molecule has 1 aromatic carbocycles. The highest BCUT2D eigenvalue weighted by molar-refractivity contribution is 7.98. The molecule has 0 saturated carbocycles. The molecule has 110 valence electrons. The average Bonchev–Trinajstić information content (AvgIpc) is 2.52. The van der Waals surface area contributed by atoms with Gasteiger partial charge < -0.3 is 10.4 Å². The summed E-state index contributed by atoms with van der Waals surface area (Å²) < 4.78 is 0. The Hall–Kier alpha value is -2.19. The van der Waals surface area contributed by atoms with E-state index < -0.39 is 4.92 Å². The number of aliphatic hydroxyl groups is 1. The van der Waals surface area contributed by atoms with Gasteiger partial charge in [0.15, 0.2) is 5.16 Å². The van der Waals surface area contributed by atoms with Crippen molar-refractivity contribution in [2.75, 3.05) is 11.6 Å². The van der Waals surface area contributed by atoms with Gasteiger partial charge in [0.05, 0.1) is 11.5 Å². The number of aliphatic hydroxyl groups excluding tert-OH is 1. The van der Waals surface area contributed by atoms with E-state index in [4.69, 9.17) is 0 Å². The van der Waals surface area contributed by atoms with Crippen LogP contribution in [0.5, 0.6) is 0 Å². The number of non-ortho nitro benzene ring substituents is 1. The second-order valence-corrected chi connectivity index (χ2v) is 4.94. The Balaban J connectivity index is 2.15. The molecule has 2 aromatic rings. The van der Waals surface area contributed by atoms with E-state index in [1.165, 1.54) is 23.9 Å². The Kier molecular flexibility index (Phi) is 5.07. The maximum absolute atomic E-state index is 10.7. The van der Waals surface area contributed by atoms with Gasteiger partial charge in [0.25, 0.3) is 5.69 Å². The maximum Gasteiger partial charge on any atom is 0.269 e. The Morgan fingerprint density at radius 1 is 1.48 bits per heavy atom. The Morgan fingerprint density at radius 2 is 2.29 bits per heavy atom. The summed E-state index contributed by atoms with van der Waals surface area (Å²) in [7, 11) is 0. The van der Waals surface area contributed by atoms with Crippen LogP contribution in [0.3, 0.4) is 0 Å². The van der Waals surface area contributed by atoms with Gasteiger partial charge in [-0.1, -0.05) is 23.9 Å². The molecule has 2 N–H and O–H groups in total. The van der Waals surface area contributed by atoms with Gasteiger partial charge in [0.1, 0.15) is 5.82 Å². The molecule has 0 spiro atoms. The molecule has 1 aromatic heterocycles. The summed E-state index contributed by atoms with van der Waals surface area (Å²) in [5.41, 5.74) is 1.39. The van der Waals surface area contributed by atoms with Crippen LogP contribution in [-0.2, 0) is 13.2 Å². The number of benzene rings is 1. The number of nitrogens with zero attached hydrogens (tertiary/aromatic N) is 3. The highest BCUT2D eigenvalue weighted by atomic mass is 32.2. The fourth-order valence-electron chi connectivity index (χ4n) is 1.72. The lowest BCUT2D eigenvalue weighted by molar-refractivity contribution is -0.384. The number of nitro benzene ring substituents is 1. The first-order valence-corrected chi connectivity index (χ1v) is 7.34. The molecule has 8 heteroatoms. The highest BCUT2D eigenvalue weighted by Gasteiger charge is 2.08. The summed E-state index contributed by atoms with van der Waals surface area (Å²) in [5.74, 6) is 0.531. The molecule has 0 amide bonds. The van der Waals surface area contributed by atoms with Gasteiger partial charge in [-0.25, -0.2) is 9.97 Å². The molecule has 21 heavy (non-hydrogen) atoms. The van der Waals surface area contributed by atoms with E-state index in [-0.39, 0.29) is 12.3 Å². The third kappa shape index (κ3) is 3.89. The zero-order valence-electron chi connectivity index (χ0n) is 11.3. The topological polar surface area (TPSA) is 101 Å². The second-order valence-electron chi connectivity index (χ2n) is 4.17. The van der Waals surface area contributed by atoms with Crippen molar-refractivity contribution in [3.8, 4) is 0 Å². The molecule has 0 radical (unpaired) electrons. The monoisotopic (exact) mass is 306 g/mol. The summed E-state index contributed by atoms with van der Waals surface area (Å²) in [6.07, 6.45) is 3.42. The molecule has 0 aliphatic rings. The molecule has 0 unspecified atom stereocenters. The number of thioether (sulfide) groups is 1. The van der Waals surface area contributed by atoms with Crippen molar-refractivity contribution in [2.45, 2.75) is 18.3 Å². The molecule has 0 saturated heterocycles. The Morgan fingerprint density at radius 3 is 2.95 bits per heavy atom. The van der Waals surface area contributed by atoms with Gasteiger partial charge in [-0.05, 0) is 11.8 Å². The minimum Gasteiger partial charge on any atom is -0.391 e. The van der Waals surface area contributed by atoms with Crippen LogP contribution in [-0.4, -0.2) is 26.3 Å². The van der Waals surface area contributed by atoms with Crippen LogP contribution >= 0.6 is 11.8 Å². The van der Waals surface area contributed by atoms with Crippen LogP contribution in [0.2, 0.25) is 0 Å². The molecule has 2 rings (SSSR count). The standard InChI is InChI=1S/C13H14N4O3S/c1-21-13-15-7-10(8-18)12(16-13)14-6-9-3-2-4-11(5-9)17(19)20/h2-5,7,18H,6,8H2,1H3,(H,14,15,16). The lowest BCUT2D eigenvalue weighted by atomic mass is 10.2. The summed E-state index contributed by atoms with van der Waals surface area (Å²) in [5, 5.41) is 23.7. The second kappa shape index (κ2) is 7.00. The largest absolute Gasteiger partial charge is 0.391 e. The predicted molar refractivity (Wildman–Crippen MR) is 80.2 cm³/mol. The van der Waals surface area contributed by atoms with Crippen molar-refractivity contribution in [2.24, 2.45) is 0 Å². The van der Waals surface area contributed by atoms with Crippen molar-refractivity contribution in [1.29, 1.82) is 0 Å². The summed E-state index contributed by atoms with van der Waals surface area (Å²) >= 11 is 1.40. The molecule has 0 aliphatic carbocycles. The van der Waals surface area contributed by atoms with Crippen LogP contribution < -0.4 is 5.32 Å². The van der Waals surface area contributed by atoms with Gasteiger partial charge in [-0.15, -0.1) is 0 Å². The van der Waals surface area contributed by atoms with E-state index in [9.17, 15) is 15.2 Å². The lowest BCUT2D eigenvalue weighted by Crippen LogP contribution is -2.06. The smallest absolute Gasteiger partial charge is 0.269 e. The molecular weight excluding hydrogens is 292 g/mol. The third-order valence-corrected chi connectivity index (χ3v) is 3.34. The van der Waals surface area contributed by atoms with Gasteiger partial charge >= 0.3 is 0 Å². The maximum atomic E-state index is 10.7. The zero-order chi connectivity index (χ0) is 15.2. The van der Waals surface area contributed by atoms with Crippen molar-refractivity contribution in [3.63, 3.8) is 0 Å². The van der Waals surface area contributed by atoms with E-state index in [1.54, 1.807) is 18.3 Å². The predicted octanol–water partition coefficient (Wildman–Crippen LogP) is 2.21. The van der Waals surface area contributed by atoms with E-state index in [0.29, 0.717) is 23.1 Å². The zero-order valence-corrected chi connectivity index (χ0v) is 12.1. The number of nitro groups is 1. The van der Waals surface area contributed by atoms with Crippen LogP contribution in [0.25, 0.3) is 0 Å². The molecule has 0 atom stereocenters. The minimum atomic E-state index is -0.431. The third-order valence-electron chi connectivity index (χ3n) is 2.78. The molecular formula is C13H14N4O3S. The minimum absolute atomic E-state index is 0.0455. The highest BCUT2D eigenvalue weighted by Crippen LogP contribution is 2.18. The van der Waals surface area contributed by atoms with Crippen LogP contribution in [0, 0.1) is 10.1 Å². The van der Waals surface area contributed by atoms with Crippen LogP contribution in [0.15, 0.2) is 35.6 Å². The van der Waals surface area contributed by atoms with Crippen molar-refractivity contribution in [3.05, 3.63) is 51.7 Å². The van der Waals surface area contributed by atoms with Gasteiger partial charge in [0.2, 0.25) is 0 Å². The SMILES string of the molecule is CSc1ncc(CO)c(NCc2cccc([N+](=O)[O-])c2)n1. The molecule has 7 nitrogen and oxygen atoms in total. The van der Waals surface area contributed by atoms with Crippen molar-refractivity contribution >= 4 is 23.3 Å². The molecule has 1 heterocycles. The van der Waals surface area contributed by atoms with E-state index >= 15 is 0 Å². The fraction of sp³-hybridized carbons (Fsp3) is 0.231. The number of rotatable bonds is 6. The van der Waals surface area contributed by atoms with Crippen molar-refractivity contribution in [1.82, 2.24) is 9.97 Å².